The maximum Gasteiger partial charge on any atom is 0.321 e. The first-order valence-corrected chi connectivity index (χ1v) is 7.14. The summed E-state index contributed by atoms with van der Waals surface area (Å²) >= 11 is 0. The Labute approximate surface area is 119 Å². The van der Waals surface area contributed by atoms with Crippen molar-refractivity contribution in [3.05, 3.63) is 0 Å². The summed E-state index contributed by atoms with van der Waals surface area (Å²) in [7, 11) is 0. The minimum Gasteiger partial charge on any atom is -0.466 e. The number of amides is 3. The largest absolute Gasteiger partial charge is 0.466 e. The Morgan fingerprint density at radius 1 is 1.30 bits per heavy atom. The summed E-state index contributed by atoms with van der Waals surface area (Å²) in [5, 5.41) is 4.77. The Kier molecular flexibility index (Phi) is 7.00. The molecule has 1 rings (SSSR count). The van der Waals surface area contributed by atoms with Gasteiger partial charge in [0.2, 0.25) is 0 Å². The number of likely N-dealkylation sites (tertiary alicyclic amines) is 1. The molecule has 0 bridgehead atoms. The lowest BCUT2D eigenvalue weighted by molar-refractivity contribution is -0.899. The highest BCUT2D eigenvalue weighted by Crippen LogP contribution is 2.09. The van der Waals surface area contributed by atoms with E-state index in [2.05, 4.69) is 10.6 Å². The number of piperidine rings is 1. The monoisotopic (exact) mass is 286 g/mol. The standard InChI is InChI=1S/C13H23N3O4/c1-3-14-13(19)15-11(17)9-16-7-5-6-10(8-16)12(18)20-4-2/h10H,3-9H2,1-2H3,(H2,14,15,17,19)/p+1/t10-/m0/s1. The summed E-state index contributed by atoms with van der Waals surface area (Å²) in [5.74, 6) is -0.653. The van der Waals surface area contributed by atoms with E-state index in [4.69, 9.17) is 4.74 Å². The predicted octanol–water partition coefficient (Wildman–Crippen LogP) is -1.31. The van der Waals surface area contributed by atoms with Crippen molar-refractivity contribution in [2.75, 3.05) is 32.8 Å². The van der Waals surface area contributed by atoms with E-state index in [0.717, 1.165) is 24.3 Å². The molecule has 1 unspecified atom stereocenters. The molecule has 114 valence electrons. The lowest BCUT2D eigenvalue weighted by atomic mass is 9.98. The highest BCUT2D eigenvalue weighted by molar-refractivity contribution is 5.94. The van der Waals surface area contributed by atoms with Gasteiger partial charge < -0.3 is 15.0 Å². The average molecular weight is 286 g/mol. The van der Waals surface area contributed by atoms with Crippen LogP contribution in [0.15, 0.2) is 0 Å². The molecule has 3 N–H and O–H groups in total. The van der Waals surface area contributed by atoms with Crippen molar-refractivity contribution < 1.29 is 24.0 Å². The number of ether oxygens (including phenoxy) is 1. The molecule has 1 aliphatic heterocycles. The van der Waals surface area contributed by atoms with Crippen LogP contribution in [0.1, 0.15) is 26.7 Å². The number of rotatable bonds is 5. The van der Waals surface area contributed by atoms with Crippen LogP contribution in [0, 0.1) is 5.92 Å². The Balaban J connectivity index is 2.38. The number of urea groups is 1. The molecular weight excluding hydrogens is 262 g/mol. The zero-order valence-electron chi connectivity index (χ0n) is 12.2. The van der Waals surface area contributed by atoms with E-state index < -0.39 is 6.03 Å². The van der Waals surface area contributed by atoms with Crippen LogP contribution in [0.4, 0.5) is 4.79 Å². The van der Waals surface area contributed by atoms with E-state index in [0.29, 0.717) is 19.7 Å². The number of imide groups is 1. The van der Waals surface area contributed by atoms with E-state index in [1.807, 2.05) is 0 Å². The average Bonchev–Trinajstić information content (AvgIpc) is 2.39. The highest BCUT2D eigenvalue weighted by atomic mass is 16.5. The van der Waals surface area contributed by atoms with E-state index >= 15 is 0 Å². The van der Waals surface area contributed by atoms with Crippen LogP contribution in [0.2, 0.25) is 0 Å². The van der Waals surface area contributed by atoms with Gasteiger partial charge in [-0.25, -0.2) is 4.79 Å². The molecule has 0 aromatic carbocycles. The van der Waals surface area contributed by atoms with Crippen LogP contribution >= 0.6 is 0 Å². The number of carbonyl (C=O) groups excluding carboxylic acids is 3. The van der Waals surface area contributed by atoms with E-state index in [-0.39, 0.29) is 24.3 Å². The van der Waals surface area contributed by atoms with Crippen molar-refractivity contribution in [2.24, 2.45) is 5.92 Å². The number of hydrogen-bond acceptors (Lipinski definition) is 4. The van der Waals surface area contributed by atoms with Crippen LogP contribution in [0.25, 0.3) is 0 Å². The van der Waals surface area contributed by atoms with Crippen molar-refractivity contribution in [1.82, 2.24) is 10.6 Å². The minimum absolute atomic E-state index is 0.143. The van der Waals surface area contributed by atoms with Gasteiger partial charge in [-0.3, -0.25) is 14.9 Å². The van der Waals surface area contributed by atoms with Crippen molar-refractivity contribution in [3.8, 4) is 0 Å². The zero-order chi connectivity index (χ0) is 15.0. The number of hydrogen-bond donors (Lipinski definition) is 3. The molecule has 0 aliphatic carbocycles. The molecule has 0 spiro atoms. The molecule has 7 heteroatoms. The Bertz CT molecular complexity index is 360. The van der Waals surface area contributed by atoms with Gasteiger partial charge >= 0.3 is 12.0 Å². The van der Waals surface area contributed by atoms with Gasteiger partial charge in [0.1, 0.15) is 5.92 Å². The van der Waals surface area contributed by atoms with Crippen molar-refractivity contribution in [1.29, 1.82) is 0 Å². The van der Waals surface area contributed by atoms with Gasteiger partial charge in [0.15, 0.2) is 6.54 Å². The van der Waals surface area contributed by atoms with Gasteiger partial charge in [-0.15, -0.1) is 0 Å². The Hall–Kier alpha value is -1.63. The van der Waals surface area contributed by atoms with Crippen molar-refractivity contribution in [2.45, 2.75) is 26.7 Å². The van der Waals surface area contributed by atoms with Gasteiger partial charge in [-0.1, -0.05) is 0 Å². The lowest BCUT2D eigenvalue weighted by Crippen LogP contribution is -3.14. The molecule has 7 nitrogen and oxygen atoms in total. The zero-order valence-corrected chi connectivity index (χ0v) is 12.2. The van der Waals surface area contributed by atoms with Gasteiger partial charge in [-0.2, -0.15) is 0 Å². The number of quaternary nitrogens is 1. The number of nitrogens with one attached hydrogen (secondary N) is 3. The van der Waals surface area contributed by atoms with Crippen LogP contribution < -0.4 is 15.5 Å². The third-order valence-corrected chi connectivity index (χ3v) is 3.24. The second-order valence-corrected chi connectivity index (χ2v) is 4.88. The van der Waals surface area contributed by atoms with Crippen LogP contribution in [-0.4, -0.2) is 50.7 Å². The van der Waals surface area contributed by atoms with Crippen LogP contribution in [-0.2, 0) is 14.3 Å². The molecule has 0 saturated carbocycles. The second kappa shape index (κ2) is 8.52. The highest BCUT2D eigenvalue weighted by Gasteiger charge is 2.30. The Morgan fingerprint density at radius 3 is 2.70 bits per heavy atom. The molecule has 1 heterocycles. The summed E-state index contributed by atoms with van der Waals surface area (Å²) in [6.45, 7) is 6.03. The van der Waals surface area contributed by atoms with Gasteiger partial charge in [0, 0.05) is 6.54 Å². The molecule has 0 aromatic rings. The molecular formula is C13H24N3O4+. The van der Waals surface area contributed by atoms with E-state index in [1.54, 1.807) is 13.8 Å². The van der Waals surface area contributed by atoms with Gasteiger partial charge in [0.05, 0.1) is 19.7 Å². The van der Waals surface area contributed by atoms with E-state index in [9.17, 15) is 14.4 Å². The fourth-order valence-electron chi connectivity index (χ4n) is 2.38. The van der Waals surface area contributed by atoms with Crippen molar-refractivity contribution >= 4 is 17.9 Å². The van der Waals surface area contributed by atoms with Gasteiger partial charge in [-0.05, 0) is 26.7 Å². The maximum atomic E-state index is 11.7. The SMILES string of the molecule is CCNC(=O)NC(=O)C[NH+]1CCC[C@H](C(=O)OCC)C1. The van der Waals surface area contributed by atoms with Crippen LogP contribution in [0.5, 0.6) is 0 Å². The third-order valence-electron chi connectivity index (χ3n) is 3.24. The maximum absolute atomic E-state index is 11.7. The first kappa shape index (κ1) is 16.4. The summed E-state index contributed by atoms with van der Waals surface area (Å²) in [5.41, 5.74) is 0. The number of esters is 1. The molecule has 1 fully saturated rings. The molecule has 2 atom stereocenters. The van der Waals surface area contributed by atoms with E-state index in [1.165, 1.54) is 0 Å². The Morgan fingerprint density at radius 2 is 2.05 bits per heavy atom. The summed E-state index contributed by atoms with van der Waals surface area (Å²) < 4.78 is 5.01. The normalized spacial score (nSPS) is 21.9. The quantitative estimate of drug-likeness (QED) is 0.548. The van der Waals surface area contributed by atoms with Gasteiger partial charge in [0.25, 0.3) is 5.91 Å². The molecule has 0 aromatic heterocycles. The second-order valence-electron chi connectivity index (χ2n) is 4.88. The lowest BCUT2D eigenvalue weighted by Gasteiger charge is -2.28. The summed E-state index contributed by atoms with van der Waals surface area (Å²) in [6, 6.07) is -0.476. The molecule has 20 heavy (non-hydrogen) atoms. The molecule has 0 radical (unpaired) electrons. The predicted molar refractivity (Wildman–Crippen MR) is 72.1 cm³/mol. The first-order chi connectivity index (χ1) is 9.56. The fourth-order valence-corrected chi connectivity index (χ4v) is 2.38. The molecule has 1 aliphatic rings. The minimum atomic E-state index is -0.476. The molecule has 3 amide bonds. The number of carbonyl (C=O) groups is 3. The van der Waals surface area contributed by atoms with Crippen LogP contribution in [0.3, 0.4) is 0 Å². The van der Waals surface area contributed by atoms with Crippen molar-refractivity contribution in [3.63, 3.8) is 0 Å². The fraction of sp³-hybridized carbons (Fsp3) is 0.769. The summed E-state index contributed by atoms with van der Waals surface area (Å²) in [4.78, 5) is 35.6. The summed E-state index contributed by atoms with van der Waals surface area (Å²) in [6.07, 6.45) is 1.69. The third kappa shape index (κ3) is 5.56. The smallest absolute Gasteiger partial charge is 0.321 e. The molecule has 1 saturated heterocycles. The first-order valence-electron chi connectivity index (χ1n) is 7.14. The topological polar surface area (TPSA) is 88.9 Å².